The van der Waals surface area contributed by atoms with Crippen LogP contribution in [-0.4, -0.2) is 18.2 Å². The van der Waals surface area contributed by atoms with Crippen molar-refractivity contribution < 1.29 is 9.53 Å². The van der Waals surface area contributed by atoms with Gasteiger partial charge in [0.1, 0.15) is 5.75 Å². The van der Waals surface area contributed by atoms with Crippen LogP contribution in [0.1, 0.15) is 50.7 Å². The number of hydrogen-bond donors (Lipinski definition) is 1. The minimum atomic E-state index is -0.235. The molecule has 1 aliphatic rings. The maximum atomic E-state index is 11.8. The molecule has 22 heavy (non-hydrogen) atoms. The third-order valence-corrected chi connectivity index (χ3v) is 3.66. The van der Waals surface area contributed by atoms with Crippen molar-refractivity contribution in [2.45, 2.75) is 46.5 Å². The van der Waals surface area contributed by atoms with Gasteiger partial charge >= 0.3 is 0 Å². The summed E-state index contributed by atoms with van der Waals surface area (Å²) in [5.41, 5.74) is 7.08. The smallest absolute Gasteiger partial charge is 0.277 e. The first-order valence-corrected chi connectivity index (χ1v) is 7.71. The van der Waals surface area contributed by atoms with Crippen molar-refractivity contribution in [2.24, 2.45) is 5.10 Å². The number of hydrogen-bond acceptors (Lipinski definition) is 3. The zero-order valence-electron chi connectivity index (χ0n) is 13.8. The zero-order valence-corrected chi connectivity index (χ0v) is 13.8. The van der Waals surface area contributed by atoms with Crippen molar-refractivity contribution in [2.75, 3.05) is 6.61 Å². The molecule has 118 valence electrons. The summed E-state index contributed by atoms with van der Waals surface area (Å²) in [7, 11) is 0. The van der Waals surface area contributed by atoms with Crippen molar-refractivity contribution in [3.8, 4) is 5.75 Å². The van der Waals surface area contributed by atoms with E-state index in [1.54, 1.807) is 0 Å². The van der Waals surface area contributed by atoms with E-state index >= 15 is 0 Å². The maximum absolute atomic E-state index is 11.8. The van der Waals surface area contributed by atoms with E-state index in [9.17, 15) is 4.79 Å². The minimum Gasteiger partial charge on any atom is -0.483 e. The second kappa shape index (κ2) is 7.25. The molecule has 2 rings (SSSR count). The molecule has 0 saturated carbocycles. The molecule has 1 aliphatic carbocycles. The van der Waals surface area contributed by atoms with Crippen LogP contribution in [0, 0.1) is 6.92 Å². The summed E-state index contributed by atoms with van der Waals surface area (Å²) in [4.78, 5) is 11.8. The van der Waals surface area contributed by atoms with Gasteiger partial charge in [0.25, 0.3) is 5.91 Å². The molecular weight excluding hydrogens is 276 g/mol. The largest absolute Gasteiger partial charge is 0.483 e. The Bertz CT molecular complexity index is 616. The van der Waals surface area contributed by atoms with E-state index in [2.05, 4.69) is 44.3 Å². The Balaban J connectivity index is 1.91. The Kier molecular flexibility index (Phi) is 5.36. The first kappa shape index (κ1) is 16.3. The Morgan fingerprint density at radius 2 is 2.09 bits per heavy atom. The second-order valence-corrected chi connectivity index (χ2v) is 6.11. The van der Waals surface area contributed by atoms with Gasteiger partial charge in [0, 0.05) is 0 Å². The maximum Gasteiger partial charge on any atom is 0.277 e. The molecular formula is C18H24N2O2. The molecule has 0 atom stereocenters. The summed E-state index contributed by atoms with van der Waals surface area (Å²) in [6.45, 7) is 8.32. The number of nitrogens with zero attached hydrogens (tertiary/aromatic N) is 1. The van der Waals surface area contributed by atoms with Crippen LogP contribution in [0.3, 0.4) is 0 Å². The molecule has 1 aromatic carbocycles. The Morgan fingerprint density at radius 1 is 1.32 bits per heavy atom. The summed E-state index contributed by atoms with van der Waals surface area (Å²) in [5.74, 6) is 0.880. The van der Waals surface area contributed by atoms with Crippen LogP contribution in [0.25, 0.3) is 0 Å². The molecule has 1 aromatic rings. The van der Waals surface area contributed by atoms with Gasteiger partial charge in [-0.2, -0.15) is 5.10 Å². The van der Waals surface area contributed by atoms with E-state index < -0.39 is 0 Å². The van der Waals surface area contributed by atoms with Crippen LogP contribution in [0.2, 0.25) is 0 Å². The second-order valence-electron chi connectivity index (χ2n) is 6.11. The van der Waals surface area contributed by atoms with Gasteiger partial charge in [0.15, 0.2) is 6.61 Å². The molecule has 0 bridgehead atoms. The fourth-order valence-corrected chi connectivity index (χ4v) is 2.40. The lowest BCUT2D eigenvalue weighted by Gasteiger charge is -2.14. The number of nitrogens with one attached hydrogen (secondary N) is 1. The predicted octanol–water partition coefficient (Wildman–Crippen LogP) is 3.71. The van der Waals surface area contributed by atoms with Crippen LogP contribution in [-0.2, 0) is 4.79 Å². The monoisotopic (exact) mass is 300 g/mol. The molecule has 0 saturated heterocycles. The fraction of sp³-hybridized carbons (Fsp3) is 0.444. The van der Waals surface area contributed by atoms with Crippen molar-refractivity contribution in [1.82, 2.24) is 5.43 Å². The van der Waals surface area contributed by atoms with E-state index in [1.165, 1.54) is 11.1 Å². The third-order valence-electron chi connectivity index (χ3n) is 3.66. The first-order chi connectivity index (χ1) is 10.5. The highest BCUT2D eigenvalue weighted by Crippen LogP contribution is 2.27. The number of carbonyl (C=O) groups excluding carboxylic acids is 1. The van der Waals surface area contributed by atoms with Gasteiger partial charge in [-0.3, -0.25) is 4.79 Å². The van der Waals surface area contributed by atoms with Crippen molar-refractivity contribution in [3.63, 3.8) is 0 Å². The number of ether oxygens (including phenoxy) is 1. The SMILES string of the molecule is CC1=C/C(=N\NC(=O)COc2ccc(C)cc2C(C)C)CC1. The molecule has 0 aliphatic heterocycles. The number of carbonyl (C=O) groups is 1. The molecule has 0 heterocycles. The summed E-state index contributed by atoms with van der Waals surface area (Å²) in [6.07, 6.45) is 3.92. The molecule has 0 unspecified atom stereocenters. The number of aryl methyl sites for hydroxylation is 1. The molecule has 4 heteroatoms. The highest BCUT2D eigenvalue weighted by Gasteiger charge is 2.11. The van der Waals surface area contributed by atoms with Gasteiger partial charge in [-0.1, -0.05) is 37.1 Å². The number of rotatable bonds is 5. The fourth-order valence-electron chi connectivity index (χ4n) is 2.40. The molecule has 1 N–H and O–H groups in total. The van der Waals surface area contributed by atoms with E-state index in [4.69, 9.17) is 4.74 Å². The van der Waals surface area contributed by atoms with Gasteiger partial charge in [0.05, 0.1) is 5.71 Å². The zero-order chi connectivity index (χ0) is 16.1. The Hall–Kier alpha value is -2.10. The van der Waals surface area contributed by atoms with Gasteiger partial charge in [-0.25, -0.2) is 5.43 Å². The highest BCUT2D eigenvalue weighted by atomic mass is 16.5. The van der Waals surface area contributed by atoms with Crippen LogP contribution < -0.4 is 10.2 Å². The third kappa shape index (κ3) is 4.45. The lowest BCUT2D eigenvalue weighted by atomic mass is 10.00. The minimum absolute atomic E-state index is 0.0255. The summed E-state index contributed by atoms with van der Waals surface area (Å²) in [5, 5.41) is 4.12. The number of allylic oxidation sites excluding steroid dienone is 2. The highest BCUT2D eigenvalue weighted by molar-refractivity contribution is 5.98. The van der Waals surface area contributed by atoms with Gasteiger partial charge < -0.3 is 4.74 Å². The van der Waals surface area contributed by atoms with E-state index in [1.807, 2.05) is 18.2 Å². The topological polar surface area (TPSA) is 50.7 Å². The predicted molar refractivity (Wildman–Crippen MR) is 89.3 cm³/mol. The average Bonchev–Trinajstić information content (AvgIpc) is 2.89. The molecule has 0 radical (unpaired) electrons. The summed E-state index contributed by atoms with van der Waals surface area (Å²) >= 11 is 0. The Labute approximate surface area is 132 Å². The summed E-state index contributed by atoms with van der Waals surface area (Å²) in [6, 6.07) is 6.02. The van der Waals surface area contributed by atoms with Crippen LogP contribution in [0.15, 0.2) is 34.9 Å². The normalized spacial score (nSPS) is 16.0. The lowest BCUT2D eigenvalue weighted by molar-refractivity contribution is -0.123. The van der Waals surface area contributed by atoms with Crippen molar-refractivity contribution in [3.05, 3.63) is 41.0 Å². The summed E-state index contributed by atoms with van der Waals surface area (Å²) < 4.78 is 5.65. The van der Waals surface area contributed by atoms with Crippen LogP contribution >= 0.6 is 0 Å². The molecule has 0 spiro atoms. The van der Waals surface area contributed by atoms with Crippen molar-refractivity contribution >= 4 is 11.6 Å². The van der Waals surface area contributed by atoms with Gasteiger partial charge in [-0.05, 0) is 50.3 Å². The van der Waals surface area contributed by atoms with E-state index in [0.29, 0.717) is 5.92 Å². The molecule has 0 aromatic heterocycles. The quantitative estimate of drug-likeness (QED) is 0.843. The van der Waals surface area contributed by atoms with Gasteiger partial charge in [0.2, 0.25) is 0 Å². The van der Waals surface area contributed by atoms with Crippen LogP contribution in [0.4, 0.5) is 0 Å². The molecule has 0 fully saturated rings. The number of benzene rings is 1. The number of hydrazone groups is 1. The van der Waals surface area contributed by atoms with Gasteiger partial charge in [-0.15, -0.1) is 0 Å². The van der Waals surface area contributed by atoms with Crippen LogP contribution in [0.5, 0.6) is 5.75 Å². The Morgan fingerprint density at radius 3 is 2.73 bits per heavy atom. The van der Waals surface area contributed by atoms with Crippen molar-refractivity contribution in [1.29, 1.82) is 0 Å². The van der Waals surface area contributed by atoms with E-state index in [-0.39, 0.29) is 12.5 Å². The standard InChI is InChI=1S/C18H24N2O2/c1-12(2)16-10-14(4)6-8-17(16)22-11-18(21)20-19-15-7-5-13(3)9-15/h6,8-10,12H,5,7,11H2,1-4H3,(H,20,21)/b19-15-. The number of amides is 1. The molecule has 4 nitrogen and oxygen atoms in total. The molecule has 1 amide bonds. The van der Waals surface area contributed by atoms with E-state index in [0.717, 1.165) is 29.9 Å². The average molecular weight is 300 g/mol. The first-order valence-electron chi connectivity index (χ1n) is 7.71. The lowest BCUT2D eigenvalue weighted by Crippen LogP contribution is -2.25.